The van der Waals surface area contributed by atoms with Crippen molar-refractivity contribution in [2.45, 2.75) is 12.5 Å². The van der Waals surface area contributed by atoms with E-state index in [1.165, 1.54) is 0 Å². The number of likely N-dealkylation sites (tertiary alicyclic amines) is 1. The number of nitrogens with zero attached hydrogens (tertiary/aromatic N) is 1. The molecule has 1 aliphatic heterocycles. The van der Waals surface area contributed by atoms with Gasteiger partial charge in [0.1, 0.15) is 0 Å². The summed E-state index contributed by atoms with van der Waals surface area (Å²) in [7, 11) is 1.90. The van der Waals surface area contributed by atoms with E-state index in [9.17, 15) is 4.79 Å². The minimum Gasteiger partial charge on any atom is -0.341 e. The first kappa shape index (κ1) is 6.55. The molecule has 3 nitrogen and oxygen atoms in total. The minimum atomic E-state index is 0.465. The van der Waals surface area contributed by atoms with Gasteiger partial charge in [-0.25, -0.2) is 0 Å². The van der Waals surface area contributed by atoms with Gasteiger partial charge in [0.05, 0.1) is 0 Å². The predicted molar refractivity (Wildman–Crippen MR) is 35.1 cm³/mol. The minimum absolute atomic E-state index is 0.465. The first-order chi connectivity index (χ1) is 4.38. The van der Waals surface area contributed by atoms with Crippen molar-refractivity contribution in [2.24, 2.45) is 0 Å². The van der Waals surface area contributed by atoms with Crippen LogP contribution in [0.15, 0.2) is 0 Å². The van der Waals surface area contributed by atoms with E-state index in [0.717, 1.165) is 25.9 Å². The standard InChI is InChI=1S/C6H12N2O/c1-7-4-6-2-3-8(6)5-9/h5-7H,2-4H2,1H3. The third kappa shape index (κ3) is 1.21. The molecular formula is C6H12N2O. The van der Waals surface area contributed by atoms with Crippen molar-refractivity contribution in [3.63, 3.8) is 0 Å². The van der Waals surface area contributed by atoms with Crippen molar-refractivity contribution in [1.29, 1.82) is 0 Å². The highest BCUT2D eigenvalue weighted by Crippen LogP contribution is 2.12. The molecule has 52 valence electrons. The molecule has 0 bridgehead atoms. The lowest BCUT2D eigenvalue weighted by Crippen LogP contribution is -2.51. The molecule has 9 heavy (non-hydrogen) atoms. The van der Waals surface area contributed by atoms with E-state index in [2.05, 4.69) is 5.32 Å². The maximum Gasteiger partial charge on any atom is 0.210 e. The van der Waals surface area contributed by atoms with Crippen LogP contribution in [0.3, 0.4) is 0 Å². The van der Waals surface area contributed by atoms with E-state index in [4.69, 9.17) is 0 Å². The van der Waals surface area contributed by atoms with Crippen LogP contribution in [0, 0.1) is 0 Å². The van der Waals surface area contributed by atoms with E-state index in [1.54, 1.807) is 0 Å². The zero-order valence-electron chi connectivity index (χ0n) is 5.63. The summed E-state index contributed by atoms with van der Waals surface area (Å²) in [5.74, 6) is 0. The average molecular weight is 128 g/mol. The second-order valence-electron chi connectivity index (χ2n) is 2.34. The number of carbonyl (C=O) groups excluding carboxylic acids is 1. The SMILES string of the molecule is CNCC1CCN1C=O. The van der Waals surface area contributed by atoms with Crippen molar-refractivity contribution in [2.75, 3.05) is 20.1 Å². The van der Waals surface area contributed by atoms with Crippen LogP contribution in [-0.2, 0) is 4.79 Å². The monoisotopic (exact) mass is 128 g/mol. The van der Waals surface area contributed by atoms with Gasteiger partial charge in [-0.1, -0.05) is 0 Å². The van der Waals surface area contributed by atoms with Gasteiger partial charge in [0, 0.05) is 19.1 Å². The molecule has 0 aromatic carbocycles. The van der Waals surface area contributed by atoms with Crippen molar-refractivity contribution in [3.05, 3.63) is 0 Å². The van der Waals surface area contributed by atoms with E-state index >= 15 is 0 Å². The fourth-order valence-electron chi connectivity index (χ4n) is 1.05. The number of rotatable bonds is 3. The highest BCUT2D eigenvalue weighted by molar-refractivity contribution is 5.49. The average Bonchev–Trinajstić information content (AvgIpc) is 1.82. The Balaban J connectivity index is 2.18. The molecule has 1 rings (SSSR count). The molecule has 1 amide bonds. The molecule has 1 aliphatic rings. The predicted octanol–water partition coefficient (Wildman–Crippen LogP) is -0.563. The number of hydrogen-bond donors (Lipinski definition) is 1. The molecule has 0 radical (unpaired) electrons. The summed E-state index contributed by atoms with van der Waals surface area (Å²) in [6.45, 7) is 1.87. The molecule has 1 unspecified atom stereocenters. The molecule has 1 N–H and O–H groups in total. The Morgan fingerprint density at radius 1 is 1.89 bits per heavy atom. The summed E-state index contributed by atoms with van der Waals surface area (Å²) < 4.78 is 0. The maximum atomic E-state index is 10.2. The van der Waals surface area contributed by atoms with Crippen molar-refractivity contribution < 1.29 is 4.79 Å². The van der Waals surface area contributed by atoms with Gasteiger partial charge in [0.25, 0.3) is 0 Å². The number of likely N-dealkylation sites (N-methyl/N-ethyl adjacent to an activating group) is 1. The van der Waals surface area contributed by atoms with Crippen LogP contribution in [0.1, 0.15) is 6.42 Å². The molecule has 0 aromatic rings. The van der Waals surface area contributed by atoms with Crippen LogP contribution in [0.4, 0.5) is 0 Å². The van der Waals surface area contributed by atoms with Gasteiger partial charge in [-0.3, -0.25) is 4.79 Å². The van der Waals surface area contributed by atoms with Gasteiger partial charge in [0.15, 0.2) is 0 Å². The summed E-state index contributed by atoms with van der Waals surface area (Å²) in [4.78, 5) is 12.0. The Morgan fingerprint density at radius 3 is 3.00 bits per heavy atom. The summed E-state index contributed by atoms with van der Waals surface area (Å²) in [6, 6.07) is 0.465. The van der Waals surface area contributed by atoms with Crippen molar-refractivity contribution in [3.8, 4) is 0 Å². The smallest absolute Gasteiger partial charge is 0.210 e. The largest absolute Gasteiger partial charge is 0.341 e. The number of carbonyl (C=O) groups is 1. The summed E-state index contributed by atoms with van der Waals surface area (Å²) in [6.07, 6.45) is 2.07. The highest BCUT2D eigenvalue weighted by Gasteiger charge is 2.24. The molecule has 1 fully saturated rings. The van der Waals surface area contributed by atoms with E-state index in [0.29, 0.717) is 6.04 Å². The first-order valence-corrected chi connectivity index (χ1v) is 3.24. The van der Waals surface area contributed by atoms with Gasteiger partial charge >= 0.3 is 0 Å². The fourth-order valence-corrected chi connectivity index (χ4v) is 1.05. The lowest BCUT2D eigenvalue weighted by molar-refractivity contribution is -0.124. The van der Waals surface area contributed by atoms with Crippen molar-refractivity contribution in [1.82, 2.24) is 10.2 Å². The van der Waals surface area contributed by atoms with Crippen LogP contribution >= 0.6 is 0 Å². The quantitative estimate of drug-likeness (QED) is 0.516. The molecular weight excluding hydrogens is 116 g/mol. The molecule has 1 saturated heterocycles. The van der Waals surface area contributed by atoms with Crippen LogP contribution in [-0.4, -0.2) is 37.5 Å². The van der Waals surface area contributed by atoms with E-state index in [-0.39, 0.29) is 0 Å². The fraction of sp³-hybridized carbons (Fsp3) is 0.833. The molecule has 1 atom stereocenters. The Kier molecular flexibility index (Phi) is 2.05. The second kappa shape index (κ2) is 2.82. The zero-order chi connectivity index (χ0) is 6.69. The third-order valence-electron chi connectivity index (χ3n) is 1.76. The number of amides is 1. The molecule has 0 spiro atoms. The first-order valence-electron chi connectivity index (χ1n) is 3.24. The lowest BCUT2D eigenvalue weighted by atomic mass is 10.1. The van der Waals surface area contributed by atoms with Crippen LogP contribution in [0.25, 0.3) is 0 Å². The number of hydrogen-bond acceptors (Lipinski definition) is 2. The number of nitrogens with one attached hydrogen (secondary N) is 1. The normalized spacial score (nSPS) is 25.4. The third-order valence-corrected chi connectivity index (χ3v) is 1.76. The van der Waals surface area contributed by atoms with Crippen molar-refractivity contribution >= 4 is 6.41 Å². The van der Waals surface area contributed by atoms with E-state index in [1.807, 2.05) is 11.9 Å². The lowest BCUT2D eigenvalue weighted by Gasteiger charge is -2.37. The van der Waals surface area contributed by atoms with Crippen LogP contribution in [0.2, 0.25) is 0 Å². The Hall–Kier alpha value is -0.570. The van der Waals surface area contributed by atoms with Gasteiger partial charge in [0.2, 0.25) is 6.41 Å². The summed E-state index contributed by atoms with van der Waals surface area (Å²) in [5.41, 5.74) is 0. The Labute approximate surface area is 55.0 Å². The zero-order valence-corrected chi connectivity index (χ0v) is 5.63. The van der Waals surface area contributed by atoms with Crippen LogP contribution in [0.5, 0.6) is 0 Å². The van der Waals surface area contributed by atoms with Crippen LogP contribution < -0.4 is 5.32 Å². The molecule has 1 heterocycles. The Bertz CT molecular complexity index is 105. The Morgan fingerprint density at radius 2 is 2.67 bits per heavy atom. The summed E-state index contributed by atoms with van der Waals surface area (Å²) >= 11 is 0. The molecule has 0 aromatic heterocycles. The van der Waals surface area contributed by atoms with Gasteiger partial charge in [-0.05, 0) is 13.5 Å². The summed E-state index contributed by atoms with van der Waals surface area (Å²) in [5, 5.41) is 3.03. The highest BCUT2D eigenvalue weighted by atomic mass is 16.1. The maximum absolute atomic E-state index is 10.2. The second-order valence-corrected chi connectivity index (χ2v) is 2.34. The molecule has 0 aliphatic carbocycles. The van der Waals surface area contributed by atoms with Gasteiger partial charge in [-0.2, -0.15) is 0 Å². The topological polar surface area (TPSA) is 32.3 Å². The van der Waals surface area contributed by atoms with Gasteiger partial charge < -0.3 is 10.2 Å². The molecule has 3 heteroatoms. The van der Waals surface area contributed by atoms with E-state index < -0.39 is 0 Å². The molecule has 0 saturated carbocycles. The van der Waals surface area contributed by atoms with Gasteiger partial charge in [-0.15, -0.1) is 0 Å².